The first-order valence-corrected chi connectivity index (χ1v) is 10.0. The first-order chi connectivity index (χ1) is 14.4. The first kappa shape index (κ1) is 19.8. The number of imide groups is 1. The van der Waals surface area contributed by atoms with Crippen molar-refractivity contribution >= 4 is 17.8 Å². The van der Waals surface area contributed by atoms with Crippen LogP contribution in [0.3, 0.4) is 0 Å². The molecule has 0 saturated heterocycles. The van der Waals surface area contributed by atoms with Crippen molar-refractivity contribution in [2.75, 3.05) is 13.7 Å². The molecule has 1 aliphatic heterocycles. The van der Waals surface area contributed by atoms with Gasteiger partial charge in [0.2, 0.25) is 0 Å². The van der Waals surface area contributed by atoms with Crippen molar-refractivity contribution < 1.29 is 19.1 Å². The van der Waals surface area contributed by atoms with Crippen LogP contribution in [-0.2, 0) is 11.2 Å². The van der Waals surface area contributed by atoms with Crippen molar-refractivity contribution in [1.29, 1.82) is 0 Å². The Labute approximate surface area is 175 Å². The molecule has 0 saturated carbocycles. The molecule has 0 bridgehead atoms. The fourth-order valence-electron chi connectivity index (χ4n) is 3.99. The van der Waals surface area contributed by atoms with Gasteiger partial charge in [-0.1, -0.05) is 50.2 Å². The molecule has 0 spiro atoms. The van der Waals surface area contributed by atoms with E-state index in [0.29, 0.717) is 29.0 Å². The predicted molar refractivity (Wildman–Crippen MR) is 114 cm³/mol. The third kappa shape index (κ3) is 3.26. The third-order valence-corrected chi connectivity index (χ3v) is 5.66. The molecule has 30 heavy (non-hydrogen) atoms. The summed E-state index contributed by atoms with van der Waals surface area (Å²) in [6.07, 6.45) is 0.458. The maximum Gasteiger partial charge on any atom is 0.338 e. The molecule has 0 N–H and O–H groups in total. The molecule has 4 rings (SSSR count). The van der Waals surface area contributed by atoms with Gasteiger partial charge in [-0.3, -0.25) is 14.5 Å². The summed E-state index contributed by atoms with van der Waals surface area (Å²) >= 11 is 0. The summed E-state index contributed by atoms with van der Waals surface area (Å²) in [5.74, 6) is -0.629. The van der Waals surface area contributed by atoms with Gasteiger partial charge in [-0.25, -0.2) is 4.79 Å². The van der Waals surface area contributed by atoms with Crippen LogP contribution >= 0.6 is 0 Å². The Bertz CT molecular complexity index is 1100. The van der Waals surface area contributed by atoms with Crippen molar-refractivity contribution in [1.82, 2.24) is 4.90 Å². The van der Waals surface area contributed by atoms with Gasteiger partial charge in [0.1, 0.15) is 0 Å². The zero-order valence-corrected chi connectivity index (χ0v) is 17.3. The SMILES string of the molecule is COC(=O)c1cc(CCN2C(=O)c3ccccc3C2=O)c2cccc(C(C)C)cc1-2. The molecule has 1 aromatic carbocycles. The fourth-order valence-corrected chi connectivity index (χ4v) is 3.99. The van der Waals surface area contributed by atoms with Gasteiger partial charge < -0.3 is 4.74 Å². The van der Waals surface area contributed by atoms with Crippen molar-refractivity contribution in [2.24, 2.45) is 0 Å². The molecule has 0 fully saturated rings. The van der Waals surface area contributed by atoms with Gasteiger partial charge in [-0.15, -0.1) is 0 Å². The third-order valence-electron chi connectivity index (χ3n) is 5.66. The van der Waals surface area contributed by atoms with E-state index in [0.717, 1.165) is 22.3 Å². The average molecular weight is 401 g/mol. The van der Waals surface area contributed by atoms with E-state index in [4.69, 9.17) is 4.74 Å². The Hall–Kier alpha value is -3.47. The Balaban J connectivity index is 1.67. The molecule has 3 aliphatic rings. The minimum Gasteiger partial charge on any atom is -0.465 e. The van der Waals surface area contributed by atoms with E-state index in [9.17, 15) is 14.4 Å². The molecular formula is C25H23NO4. The van der Waals surface area contributed by atoms with Gasteiger partial charge in [0.05, 0.1) is 23.8 Å². The summed E-state index contributed by atoms with van der Waals surface area (Å²) in [5.41, 5.74) is 5.17. The number of esters is 1. The zero-order valence-electron chi connectivity index (χ0n) is 17.3. The van der Waals surface area contributed by atoms with Crippen LogP contribution in [0.5, 0.6) is 0 Å². The highest BCUT2D eigenvalue weighted by Gasteiger charge is 2.35. The molecule has 5 nitrogen and oxygen atoms in total. The summed E-state index contributed by atoms with van der Waals surface area (Å²) < 4.78 is 4.99. The highest BCUT2D eigenvalue weighted by atomic mass is 16.5. The Morgan fingerprint density at radius 1 is 0.900 bits per heavy atom. The fraction of sp³-hybridized carbons (Fsp3) is 0.240. The molecular weight excluding hydrogens is 378 g/mol. The number of carbonyl (C=O) groups excluding carboxylic acids is 3. The molecule has 152 valence electrons. The van der Waals surface area contributed by atoms with E-state index >= 15 is 0 Å². The average Bonchev–Trinajstić information content (AvgIpc) is 3.08. The van der Waals surface area contributed by atoms with Crippen LogP contribution in [0.2, 0.25) is 0 Å². The first-order valence-electron chi connectivity index (χ1n) is 10.0. The molecule has 5 heteroatoms. The highest BCUT2D eigenvalue weighted by molar-refractivity contribution is 6.21. The van der Waals surface area contributed by atoms with Crippen LogP contribution in [0.25, 0.3) is 11.1 Å². The normalized spacial score (nSPS) is 13.3. The van der Waals surface area contributed by atoms with Crippen LogP contribution in [0, 0.1) is 0 Å². The lowest BCUT2D eigenvalue weighted by Gasteiger charge is -2.13. The number of amides is 2. The maximum absolute atomic E-state index is 12.7. The summed E-state index contributed by atoms with van der Waals surface area (Å²) in [5, 5.41) is 0. The lowest BCUT2D eigenvalue weighted by molar-refractivity contribution is 0.0599. The number of methoxy groups -OCH3 is 1. The van der Waals surface area contributed by atoms with E-state index in [-0.39, 0.29) is 18.4 Å². The Morgan fingerprint density at radius 2 is 1.53 bits per heavy atom. The van der Waals surface area contributed by atoms with Crippen LogP contribution < -0.4 is 0 Å². The summed E-state index contributed by atoms with van der Waals surface area (Å²) in [6.45, 7) is 4.46. The topological polar surface area (TPSA) is 63.7 Å². The Kier molecular flexibility index (Phi) is 5.12. The summed E-state index contributed by atoms with van der Waals surface area (Å²) in [4.78, 5) is 39.0. The predicted octanol–water partition coefficient (Wildman–Crippen LogP) is 4.54. The smallest absolute Gasteiger partial charge is 0.338 e. The second-order valence-electron chi connectivity index (χ2n) is 7.78. The van der Waals surface area contributed by atoms with Crippen molar-refractivity contribution in [3.63, 3.8) is 0 Å². The number of fused-ring (bicyclic) bond motifs is 2. The van der Waals surface area contributed by atoms with Crippen LogP contribution in [0.4, 0.5) is 0 Å². The second kappa shape index (κ2) is 7.75. The van der Waals surface area contributed by atoms with E-state index in [1.807, 2.05) is 30.3 Å². The molecule has 1 heterocycles. The summed E-state index contributed by atoms with van der Waals surface area (Å²) in [6, 6.07) is 16.7. The van der Waals surface area contributed by atoms with Crippen molar-refractivity contribution in [2.45, 2.75) is 26.2 Å². The Morgan fingerprint density at radius 3 is 2.13 bits per heavy atom. The number of benzene rings is 1. The number of carbonyl (C=O) groups is 3. The largest absolute Gasteiger partial charge is 0.465 e. The van der Waals surface area contributed by atoms with E-state index in [1.54, 1.807) is 24.3 Å². The number of rotatable bonds is 5. The van der Waals surface area contributed by atoms with E-state index < -0.39 is 5.97 Å². The van der Waals surface area contributed by atoms with Crippen LogP contribution in [0.1, 0.15) is 62.0 Å². The number of hydrogen-bond donors (Lipinski definition) is 0. The quantitative estimate of drug-likeness (QED) is 0.465. The minimum absolute atomic E-state index is 0.252. The molecule has 0 aromatic heterocycles. The molecule has 1 aromatic rings. The molecule has 0 radical (unpaired) electrons. The molecule has 0 unspecified atom stereocenters. The second-order valence-corrected chi connectivity index (χ2v) is 7.78. The van der Waals surface area contributed by atoms with Gasteiger partial charge in [0.15, 0.2) is 0 Å². The van der Waals surface area contributed by atoms with Gasteiger partial charge in [0, 0.05) is 6.54 Å². The molecule has 2 amide bonds. The summed E-state index contributed by atoms with van der Waals surface area (Å²) in [7, 11) is 1.37. The van der Waals surface area contributed by atoms with Gasteiger partial charge in [-0.2, -0.15) is 0 Å². The van der Waals surface area contributed by atoms with Crippen LogP contribution in [0.15, 0.2) is 54.6 Å². The lowest BCUT2D eigenvalue weighted by Crippen LogP contribution is -2.31. The van der Waals surface area contributed by atoms with Gasteiger partial charge in [0.25, 0.3) is 11.8 Å². The molecule has 2 aliphatic carbocycles. The monoisotopic (exact) mass is 401 g/mol. The van der Waals surface area contributed by atoms with E-state index in [2.05, 4.69) is 13.8 Å². The zero-order chi connectivity index (χ0) is 21.4. The highest BCUT2D eigenvalue weighted by Crippen LogP contribution is 2.35. The minimum atomic E-state index is -0.395. The van der Waals surface area contributed by atoms with Crippen molar-refractivity contribution in [3.05, 3.63) is 82.4 Å². The van der Waals surface area contributed by atoms with Gasteiger partial charge in [-0.05, 0) is 52.8 Å². The van der Waals surface area contributed by atoms with Gasteiger partial charge >= 0.3 is 5.97 Å². The maximum atomic E-state index is 12.7. The molecule has 0 atom stereocenters. The number of nitrogens with zero attached hydrogens (tertiary/aromatic N) is 1. The number of hydrogen-bond acceptors (Lipinski definition) is 4. The van der Waals surface area contributed by atoms with E-state index in [1.165, 1.54) is 12.0 Å². The number of ether oxygens (including phenoxy) is 1. The van der Waals surface area contributed by atoms with Crippen molar-refractivity contribution in [3.8, 4) is 11.1 Å². The lowest BCUT2D eigenvalue weighted by atomic mass is 10.0. The van der Waals surface area contributed by atoms with Crippen LogP contribution in [-0.4, -0.2) is 36.3 Å². The standard InChI is InChI=1S/C25H23NO4/c1-15(2)16-7-6-10-18-17(14-22(21(18)13-16)25(29)30-3)11-12-26-23(27)19-8-4-5-9-20(19)24(26)28/h4-10,13-15H,11-12H2,1-3H3.